The van der Waals surface area contributed by atoms with Crippen LogP contribution >= 0.6 is 0 Å². The van der Waals surface area contributed by atoms with E-state index in [4.69, 9.17) is 0 Å². The monoisotopic (exact) mass is 277 g/mol. The number of nitrogens with one attached hydrogen (secondary N) is 1. The predicted molar refractivity (Wildman–Crippen MR) is 83.5 cm³/mol. The summed E-state index contributed by atoms with van der Waals surface area (Å²) >= 11 is 0. The predicted octanol–water partition coefficient (Wildman–Crippen LogP) is 3.31. The molecule has 0 bridgehead atoms. The molecular weight excluding hydrogens is 246 g/mol. The maximum Gasteiger partial charge on any atom is 0.105 e. The number of rotatable bonds is 7. The van der Waals surface area contributed by atoms with Crippen LogP contribution in [0.4, 0.5) is 0 Å². The molecule has 0 aromatic rings. The first-order chi connectivity index (χ1) is 9.46. The van der Waals surface area contributed by atoms with Crippen molar-refractivity contribution in [1.29, 1.82) is 5.26 Å². The smallest absolute Gasteiger partial charge is 0.105 e. The second kappa shape index (κ2) is 6.03. The average Bonchev–Trinajstić information content (AvgIpc) is 3.13. The molecule has 0 spiro atoms. The number of nitrogens with zero attached hydrogens (tertiary/aromatic N) is 2. The van der Waals surface area contributed by atoms with Gasteiger partial charge in [-0.2, -0.15) is 5.26 Å². The molecule has 2 atom stereocenters. The van der Waals surface area contributed by atoms with Crippen molar-refractivity contribution in [1.82, 2.24) is 10.2 Å². The molecule has 3 nitrogen and oxygen atoms in total. The van der Waals surface area contributed by atoms with Crippen molar-refractivity contribution in [2.45, 2.75) is 83.8 Å². The topological polar surface area (TPSA) is 39.1 Å². The molecule has 0 aromatic heterocycles. The highest BCUT2D eigenvalue weighted by atomic mass is 15.2. The van der Waals surface area contributed by atoms with Gasteiger partial charge >= 0.3 is 0 Å². The van der Waals surface area contributed by atoms with E-state index in [0.717, 1.165) is 6.42 Å². The molecule has 1 saturated heterocycles. The summed E-state index contributed by atoms with van der Waals surface area (Å²) in [6, 6.07) is 3.60. The molecule has 0 amide bonds. The van der Waals surface area contributed by atoms with Gasteiger partial charge in [0.2, 0.25) is 0 Å². The average molecular weight is 277 g/mol. The van der Waals surface area contributed by atoms with Crippen LogP contribution in [0.1, 0.15) is 66.2 Å². The molecule has 0 radical (unpaired) electrons. The van der Waals surface area contributed by atoms with Crippen LogP contribution < -0.4 is 5.32 Å². The van der Waals surface area contributed by atoms with Gasteiger partial charge in [0.05, 0.1) is 6.07 Å². The van der Waals surface area contributed by atoms with Crippen molar-refractivity contribution in [3.05, 3.63) is 0 Å². The second-order valence-corrected chi connectivity index (χ2v) is 7.34. The first-order valence-corrected chi connectivity index (χ1v) is 8.39. The van der Waals surface area contributed by atoms with Crippen LogP contribution in [-0.4, -0.2) is 35.6 Å². The van der Waals surface area contributed by atoms with E-state index in [0.29, 0.717) is 17.5 Å². The summed E-state index contributed by atoms with van der Waals surface area (Å²) in [5.41, 5.74) is 0.172. The number of nitriles is 1. The minimum atomic E-state index is -0.357. The Bertz CT molecular complexity index is 365. The third kappa shape index (κ3) is 3.54. The van der Waals surface area contributed by atoms with Crippen molar-refractivity contribution in [2.24, 2.45) is 5.41 Å². The molecule has 20 heavy (non-hydrogen) atoms. The Morgan fingerprint density at radius 1 is 1.40 bits per heavy atom. The Balaban J connectivity index is 1.91. The maximum atomic E-state index is 9.52. The summed E-state index contributed by atoms with van der Waals surface area (Å²) in [7, 11) is 0. The van der Waals surface area contributed by atoms with Crippen LogP contribution in [0.15, 0.2) is 0 Å². The Morgan fingerprint density at radius 3 is 2.50 bits per heavy atom. The first-order valence-electron chi connectivity index (χ1n) is 8.39. The summed E-state index contributed by atoms with van der Waals surface area (Å²) in [6.45, 7) is 11.4. The Labute approximate surface area is 124 Å². The normalized spacial score (nSPS) is 26.9. The molecule has 1 saturated carbocycles. The lowest BCUT2D eigenvalue weighted by Gasteiger charge is -2.33. The molecule has 1 N–H and O–H groups in total. The maximum absolute atomic E-state index is 9.52. The van der Waals surface area contributed by atoms with Gasteiger partial charge in [0.15, 0.2) is 0 Å². The van der Waals surface area contributed by atoms with Crippen LogP contribution in [-0.2, 0) is 0 Å². The van der Waals surface area contributed by atoms with Gasteiger partial charge in [-0.1, -0.05) is 13.8 Å². The fraction of sp³-hybridized carbons (Fsp3) is 0.941. The highest BCUT2D eigenvalue weighted by Crippen LogP contribution is 2.38. The van der Waals surface area contributed by atoms with Crippen molar-refractivity contribution in [2.75, 3.05) is 13.1 Å². The zero-order chi connectivity index (χ0) is 14.8. The molecule has 2 rings (SSSR count). The van der Waals surface area contributed by atoms with E-state index in [9.17, 15) is 5.26 Å². The zero-order valence-electron chi connectivity index (χ0n) is 13.7. The van der Waals surface area contributed by atoms with Gasteiger partial charge in [-0.3, -0.25) is 10.2 Å². The highest BCUT2D eigenvalue weighted by Gasteiger charge is 2.39. The Morgan fingerprint density at radius 2 is 2.05 bits per heavy atom. The van der Waals surface area contributed by atoms with Crippen LogP contribution in [0, 0.1) is 16.7 Å². The van der Waals surface area contributed by atoms with Gasteiger partial charge in [0, 0.05) is 18.6 Å². The molecule has 1 aliphatic heterocycles. The van der Waals surface area contributed by atoms with Gasteiger partial charge in [0.25, 0.3) is 0 Å². The Hall–Kier alpha value is -0.590. The summed E-state index contributed by atoms with van der Waals surface area (Å²) in [4.78, 5) is 2.61. The zero-order valence-corrected chi connectivity index (χ0v) is 13.7. The standard InChI is InChI=1S/C17H31N3/c1-5-17(6-2)9-10-20(13-17)14(3)11-16(4,12-18)19-15-7-8-15/h14-15,19H,5-11,13H2,1-4H3. The van der Waals surface area contributed by atoms with Crippen molar-refractivity contribution in [3.63, 3.8) is 0 Å². The van der Waals surface area contributed by atoms with Gasteiger partial charge < -0.3 is 0 Å². The SMILES string of the molecule is CCC1(CC)CCN(C(C)CC(C)(C#N)NC2CC2)C1. The second-order valence-electron chi connectivity index (χ2n) is 7.34. The van der Waals surface area contributed by atoms with E-state index in [1.54, 1.807) is 0 Å². The summed E-state index contributed by atoms with van der Waals surface area (Å²) in [6.07, 6.45) is 7.30. The fourth-order valence-electron chi connectivity index (χ4n) is 3.71. The van der Waals surface area contributed by atoms with Crippen LogP contribution in [0.25, 0.3) is 0 Å². The number of hydrogen-bond acceptors (Lipinski definition) is 3. The van der Waals surface area contributed by atoms with Gasteiger partial charge in [-0.15, -0.1) is 0 Å². The van der Waals surface area contributed by atoms with Gasteiger partial charge in [0.1, 0.15) is 5.54 Å². The lowest BCUT2D eigenvalue weighted by molar-refractivity contribution is 0.177. The lowest BCUT2D eigenvalue weighted by Crippen LogP contribution is -2.48. The molecule has 114 valence electrons. The molecule has 0 aromatic carbocycles. The minimum absolute atomic E-state index is 0.357. The fourth-order valence-corrected chi connectivity index (χ4v) is 3.71. The third-order valence-electron chi connectivity index (χ3n) is 5.64. The van der Waals surface area contributed by atoms with Gasteiger partial charge in [-0.25, -0.2) is 0 Å². The number of likely N-dealkylation sites (tertiary alicyclic amines) is 1. The summed E-state index contributed by atoms with van der Waals surface area (Å²) in [5, 5.41) is 13.0. The third-order valence-corrected chi connectivity index (χ3v) is 5.64. The molecule has 1 heterocycles. The summed E-state index contributed by atoms with van der Waals surface area (Å²) in [5.74, 6) is 0. The van der Waals surface area contributed by atoms with E-state index in [1.807, 2.05) is 0 Å². The highest BCUT2D eigenvalue weighted by molar-refractivity contribution is 5.09. The quantitative estimate of drug-likeness (QED) is 0.776. The van der Waals surface area contributed by atoms with Crippen molar-refractivity contribution < 1.29 is 0 Å². The van der Waals surface area contributed by atoms with Crippen LogP contribution in [0.5, 0.6) is 0 Å². The van der Waals surface area contributed by atoms with Crippen LogP contribution in [0.3, 0.4) is 0 Å². The van der Waals surface area contributed by atoms with E-state index >= 15 is 0 Å². The van der Waals surface area contributed by atoms with E-state index in [-0.39, 0.29) is 5.54 Å². The van der Waals surface area contributed by atoms with Crippen molar-refractivity contribution in [3.8, 4) is 6.07 Å². The molecule has 2 unspecified atom stereocenters. The minimum Gasteiger partial charge on any atom is -0.300 e. The summed E-state index contributed by atoms with van der Waals surface area (Å²) < 4.78 is 0. The van der Waals surface area contributed by atoms with E-state index in [1.165, 1.54) is 45.2 Å². The molecule has 1 aliphatic carbocycles. The lowest BCUT2D eigenvalue weighted by atomic mass is 9.82. The molecule has 2 aliphatic rings. The first kappa shape index (κ1) is 15.8. The van der Waals surface area contributed by atoms with Crippen molar-refractivity contribution >= 4 is 0 Å². The number of hydrogen-bond donors (Lipinski definition) is 1. The molecular formula is C17H31N3. The van der Waals surface area contributed by atoms with Gasteiger partial charge in [-0.05, 0) is 64.3 Å². The molecule has 3 heteroatoms. The largest absolute Gasteiger partial charge is 0.300 e. The van der Waals surface area contributed by atoms with E-state index in [2.05, 4.69) is 44.0 Å². The van der Waals surface area contributed by atoms with Crippen LogP contribution in [0.2, 0.25) is 0 Å². The molecule has 2 fully saturated rings. The Kier molecular flexibility index (Phi) is 4.76. The van der Waals surface area contributed by atoms with E-state index < -0.39 is 0 Å².